The minimum Gasteiger partial charge on any atom is -0.493 e. The zero-order chi connectivity index (χ0) is 18.1. The predicted octanol–water partition coefficient (Wildman–Crippen LogP) is 1.61. The fourth-order valence-corrected chi connectivity index (χ4v) is 2.74. The Balaban J connectivity index is 2.34. The SMILES string of the molecule is COc1ccc(-c2cc(C)c3[nH]c(=O)[nH]c(=O)c3n2)c(OC)c1OC. The molecule has 0 aliphatic heterocycles. The van der Waals surface area contributed by atoms with Crippen molar-refractivity contribution >= 4 is 11.0 Å². The fraction of sp³-hybridized carbons (Fsp3) is 0.235. The van der Waals surface area contributed by atoms with Gasteiger partial charge in [0.05, 0.1) is 32.5 Å². The van der Waals surface area contributed by atoms with Crippen molar-refractivity contribution in [1.82, 2.24) is 15.0 Å². The number of ether oxygens (including phenoxy) is 3. The van der Waals surface area contributed by atoms with Crippen LogP contribution in [-0.4, -0.2) is 36.3 Å². The number of aromatic nitrogens is 3. The average Bonchev–Trinajstić information content (AvgIpc) is 2.60. The Labute approximate surface area is 142 Å². The normalized spacial score (nSPS) is 10.7. The fourth-order valence-electron chi connectivity index (χ4n) is 2.74. The summed E-state index contributed by atoms with van der Waals surface area (Å²) in [7, 11) is 4.56. The van der Waals surface area contributed by atoms with Crippen molar-refractivity contribution in [3.63, 3.8) is 0 Å². The quantitative estimate of drug-likeness (QED) is 0.745. The lowest BCUT2D eigenvalue weighted by Gasteiger charge is -2.16. The van der Waals surface area contributed by atoms with Crippen molar-refractivity contribution < 1.29 is 14.2 Å². The lowest BCUT2D eigenvalue weighted by atomic mass is 10.1. The van der Waals surface area contributed by atoms with Gasteiger partial charge in [-0.3, -0.25) is 9.78 Å². The molecule has 3 aromatic rings. The molecule has 25 heavy (non-hydrogen) atoms. The molecule has 0 unspecified atom stereocenters. The number of nitrogens with one attached hydrogen (secondary N) is 2. The molecule has 130 valence electrons. The van der Waals surface area contributed by atoms with Gasteiger partial charge in [0.1, 0.15) is 0 Å². The summed E-state index contributed by atoms with van der Waals surface area (Å²) in [6.45, 7) is 1.79. The first-order valence-corrected chi connectivity index (χ1v) is 7.43. The minimum absolute atomic E-state index is 0.145. The maximum absolute atomic E-state index is 12.1. The summed E-state index contributed by atoms with van der Waals surface area (Å²) in [5.41, 5.74) is 1.28. The van der Waals surface area contributed by atoms with Crippen molar-refractivity contribution in [2.24, 2.45) is 0 Å². The van der Waals surface area contributed by atoms with Crippen molar-refractivity contribution in [3.05, 3.63) is 44.6 Å². The second kappa shape index (κ2) is 6.31. The van der Waals surface area contributed by atoms with E-state index in [1.165, 1.54) is 21.3 Å². The summed E-state index contributed by atoms with van der Waals surface area (Å²) in [6.07, 6.45) is 0. The van der Waals surface area contributed by atoms with Gasteiger partial charge in [-0.05, 0) is 30.7 Å². The van der Waals surface area contributed by atoms with E-state index in [0.29, 0.717) is 39.6 Å². The van der Waals surface area contributed by atoms with Crippen molar-refractivity contribution in [1.29, 1.82) is 0 Å². The molecule has 2 heterocycles. The van der Waals surface area contributed by atoms with Crippen LogP contribution >= 0.6 is 0 Å². The van der Waals surface area contributed by atoms with Gasteiger partial charge in [-0.2, -0.15) is 0 Å². The van der Waals surface area contributed by atoms with E-state index in [4.69, 9.17) is 14.2 Å². The number of H-pyrrole nitrogens is 2. The van der Waals surface area contributed by atoms with Gasteiger partial charge < -0.3 is 19.2 Å². The monoisotopic (exact) mass is 343 g/mol. The second-order valence-electron chi connectivity index (χ2n) is 5.34. The Morgan fingerprint density at radius 2 is 1.68 bits per heavy atom. The van der Waals surface area contributed by atoms with Crippen LogP contribution in [0.3, 0.4) is 0 Å². The predicted molar refractivity (Wildman–Crippen MR) is 92.8 cm³/mol. The van der Waals surface area contributed by atoms with Crippen molar-refractivity contribution in [2.75, 3.05) is 21.3 Å². The molecule has 8 nitrogen and oxygen atoms in total. The van der Waals surface area contributed by atoms with Crippen LogP contribution in [0.25, 0.3) is 22.3 Å². The van der Waals surface area contributed by atoms with Gasteiger partial charge >= 0.3 is 5.69 Å². The molecular formula is C17H17N3O5. The summed E-state index contributed by atoms with van der Waals surface area (Å²) in [5, 5.41) is 0. The highest BCUT2D eigenvalue weighted by atomic mass is 16.5. The first-order chi connectivity index (χ1) is 12.0. The number of pyridine rings is 1. The summed E-state index contributed by atoms with van der Waals surface area (Å²) >= 11 is 0. The number of hydrogen-bond acceptors (Lipinski definition) is 6. The molecule has 0 aliphatic rings. The van der Waals surface area contributed by atoms with Gasteiger partial charge in [0.15, 0.2) is 17.0 Å². The third-order valence-electron chi connectivity index (χ3n) is 3.88. The number of benzene rings is 1. The smallest absolute Gasteiger partial charge is 0.326 e. The molecule has 8 heteroatoms. The lowest BCUT2D eigenvalue weighted by molar-refractivity contribution is 0.325. The van der Waals surface area contributed by atoms with E-state index in [1.807, 2.05) is 0 Å². The van der Waals surface area contributed by atoms with Crippen LogP contribution in [0.2, 0.25) is 0 Å². The molecule has 0 fully saturated rings. The number of rotatable bonds is 4. The van der Waals surface area contributed by atoms with Gasteiger partial charge in [-0.1, -0.05) is 0 Å². The first-order valence-electron chi connectivity index (χ1n) is 7.43. The summed E-state index contributed by atoms with van der Waals surface area (Å²) in [5.74, 6) is 1.38. The molecule has 0 atom stereocenters. The van der Waals surface area contributed by atoms with E-state index in [0.717, 1.165) is 0 Å². The van der Waals surface area contributed by atoms with Gasteiger partial charge in [0, 0.05) is 5.56 Å². The van der Waals surface area contributed by atoms with Crippen LogP contribution in [0, 0.1) is 6.92 Å². The van der Waals surface area contributed by atoms with Crippen LogP contribution in [0.4, 0.5) is 0 Å². The van der Waals surface area contributed by atoms with Gasteiger partial charge in [-0.25, -0.2) is 9.78 Å². The van der Waals surface area contributed by atoms with Gasteiger partial charge in [-0.15, -0.1) is 0 Å². The summed E-state index contributed by atoms with van der Waals surface area (Å²) < 4.78 is 16.1. The third kappa shape index (κ3) is 2.71. The molecule has 1 aromatic carbocycles. The third-order valence-corrected chi connectivity index (χ3v) is 3.88. The van der Waals surface area contributed by atoms with Gasteiger partial charge in [0.2, 0.25) is 5.75 Å². The maximum atomic E-state index is 12.1. The molecular weight excluding hydrogens is 326 g/mol. The molecule has 2 aromatic heterocycles. The van der Waals surface area contributed by atoms with E-state index in [2.05, 4.69) is 15.0 Å². The Kier molecular flexibility index (Phi) is 4.18. The zero-order valence-electron chi connectivity index (χ0n) is 14.2. The number of fused-ring (bicyclic) bond motifs is 1. The number of hydrogen-bond donors (Lipinski definition) is 2. The van der Waals surface area contributed by atoms with Crippen molar-refractivity contribution in [3.8, 4) is 28.5 Å². The van der Waals surface area contributed by atoms with Crippen LogP contribution in [0.5, 0.6) is 17.2 Å². The van der Waals surface area contributed by atoms with Crippen LogP contribution in [0.15, 0.2) is 27.8 Å². The lowest BCUT2D eigenvalue weighted by Crippen LogP contribution is -2.23. The minimum atomic E-state index is -0.571. The van der Waals surface area contributed by atoms with Crippen molar-refractivity contribution in [2.45, 2.75) is 6.92 Å². The number of methoxy groups -OCH3 is 3. The van der Waals surface area contributed by atoms with Gasteiger partial charge in [0.25, 0.3) is 5.56 Å². The van der Waals surface area contributed by atoms with Crippen LogP contribution in [0.1, 0.15) is 5.56 Å². The molecule has 3 rings (SSSR count). The maximum Gasteiger partial charge on any atom is 0.326 e. The molecule has 0 bridgehead atoms. The highest BCUT2D eigenvalue weighted by molar-refractivity contribution is 5.83. The molecule has 0 saturated carbocycles. The Morgan fingerprint density at radius 1 is 0.960 bits per heavy atom. The standard InChI is InChI=1S/C17H17N3O5/c1-8-7-10(18-13-12(8)19-17(22)20-16(13)21)9-5-6-11(23-2)15(25-4)14(9)24-3/h5-7H,1-4H3,(H2,19,20,21,22). The van der Waals surface area contributed by atoms with E-state index in [-0.39, 0.29) is 5.52 Å². The summed E-state index contributed by atoms with van der Waals surface area (Å²) in [6, 6.07) is 5.27. The molecule has 0 saturated heterocycles. The highest BCUT2D eigenvalue weighted by Crippen LogP contribution is 2.44. The zero-order valence-corrected chi connectivity index (χ0v) is 14.2. The number of nitrogens with zero attached hydrogens (tertiary/aromatic N) is 1. The second-order valence-corrected chi connectivity index (χ2v) is 5.34. The molecule has 0 spiro atoms. The van der Waals surface area contributed by atoms with E-state index >= 15 is 0 Å². The largest absolute Gasteiger partial charge is 0.493 e. The molecule has 0 aliphatic carbocycles. The van der Waals surface area contributed by atoms with E-state index in [9.17, 15) is 9.59 Å². The molecule has 0 amide bonds. The van der Waals surface area contributed by atoms with Crippen LogP contribution < -0.4 is 25.5 Å². The van der Waals surface area contributed by atoms with E-state index in [1.54, 1.807) is 25.1 Å². The van der Waals surface area contributed by atoms with Crippen LogP contribution in [-0.2, 0) is 0 Å². The summed E-state index contributed by atoms with van der Waals surface area (Å²) in [4.78, 5) is 32.8. The number of aromatic amines is 2. The number of aryl methyl sites for hydroxylation is 1. The Morgan fingerprint density at radius 3 is 2.32 bits per heavy atom. The molecule has 2 N–H and O–H groups in total. The average molecular weight is 343 g/mol. The topological polar surface area (TPSA) is 106 Å². The Bertz CT molecular complexity index is 1070. The first kappa shape index (κ1) is 16.6. The Hall–Kier alpha value is -3.29. The van der Waals surface area contributed by atoms with E-state index < -0.39 is 11.2 Å². The molecule has 0 radical (unpaired) electrons. The highest BCUT2D eigenvalue weighted by Gasteiger charge is 2.19.